The van der Waals surface area contributed by atoms with Crippen LogP contribution in [0.5, 0.6) is 5.75 Å². The summed E-state index contributed by atoms with van der Waals surface area (Å²) >= 11 is 0. The minimum absolute atomic E-state index is 0.0757. The van der Waals surface area contributed by atoms with Crippen molar-refractivity contribution in [2.24, 2.45) is 0 Å². The standard InChI is InChI=1S/C23H23N3O3/c1-29-21-12-6-11-20(14-21)26-22(27)16-24-19-10-5-9-18(13-19)23(28)25-15-17-7-3-2-4-8-17/h2-14,24H,15-16H2,1H3,(H,25,28)(H,26,27). The minimum Gasteiger partial charge on any atom is -0.497 e. The zero-order valence-electron chi connectivity index (χ0n) is 16.1. The first-order valence-corrected chi connectivity index (χ1v) is 9.24. The molecular formula is C23H23N3O3. The summed E-state index contributed by atoms with van der Waals surface area (Å²) in [5.41, 5.74) is 2.91. The molecule has 0 bridgehead atoms. The van der Waals surface area contributed by atoms with Crippen molar-refractivity contribution in [1.29, 1.82) is 0 Å². The fraction of sp³-hybridized carbons (Fsp3) is 0.130. The molecule has 6 heteroatoms. The number of hydrogen-bond donors (Lipinski definition) is 3. The van der Waals surface area contributed by atoms with Crippen LogP contribution >= 0.6 is 0 Å². The van der Waals surface area contributed by atoms with Crippen molar-refractivity contribution in [2.75, 3.05) is 24.3 Å². The fourth-order valence-electron chi connectivity index (χ4n) is 2.74. The number of carbonyl (C=O) groups excluding carboxylic acids is 2. The van der Waals surface area contributed by atoms with Gasteiger partial charge in [-0.1, -0.05) is 42.5 Å². The van der Waals surface area contributed by atoms with E-state index in [4.69, 9.17) is 4.74 Å². The van der Waals surface area contributed by atoms with Crippen LogP contribution < -0.4 is 20.7 Å². The van der Waals surface area contributed by atoms with Crippen molar-refractivity contribution in [3.63, 3.8) is 0 Å². The molecule has 0 aliphatic rings. The van der Waals surface area contributed by atoms with Crippen LogP contribution in [0.25, 0.3) is 0 Å². The van der Waals surface area contributed by atoms with Crippen molar-refractivity contribution in [3.8, 4) is 5.75 Å². The van der Waals surface area contributed by atoms with Gasteiger partial charge in [0.25, 0.3) is 5.91 Å². The van der Waals surface area contributed by atoms with E-state index < -0.39 is 0 Å². The summed E-state index contributed by atoms with van der Waals surface area (Å²) in [4.78, 5) is 24.5. The number of ether oxygens (including phenoxy) is 1. The fourth-order valence-corrected chi connectivity index (χ4v) is 2.74. The first kappa shape index (κ1) is 19.9. The highest BCUT2D eigenvalue weighted by Gasteiger charge is 2.08. The number of rotatable bonds is 8. The van der Waals surface area contributed by atoms with Gasteiger partial charge in [0.1, 0.15) is 5.75 Å². The second-order valence-corrected chi connectivity index (χ2v) is 6.38. The van der Waals surface area contributed by atoms with Crippen molar-refractivity contribution < 1.29 is 14.3 Å². The van der Waals surface area contributed by atoms with Gasteiger partial charge in [0.2, 0.25) is 5.91 Å². The lowest BCUT2D eigenvalue weighted by molar-refractivity contribution is -0.114. The largest absolute Gasteiger partial charge is 0.497 e. The van der Waals surface area contributed by atoms with Crippen molar-refractivity contribution in [2.45, 2.75) is 6.54 Å². The van der Waals surface area contributed by atoms with E-state index in [2.05, 4.69) is 16.0 Å². The lowest BCUT2D eigenvalue weighted by Crippen LogP contribution is -2.23. The summed E-state index contributed by atoms with van der Waals surface area (Å²) in [6.45, 7) is 0.534. The Hall–Kier alpha value is -3.80. The van der Waals surface area contributed by atoms with Gasteiger partial charge >= 0.3 is 0 Å². The Labute approximate surface area is 169 Å². The molecule has 0 heterocycles. The Balaban J connectivity index is 1.52. The summed E-state index contributed by atoms with van der Waals surface area (Å²) in [5, 5.41) is 8.73. The van der Waals surface area contributed by atoms with Gasteiger partial charge in [-0.05, 0) is 35.9 Å². The van der Waals surface area contributed by atoms with Crippen LogP contribution in [0, 0.1) is 0 Å². The quantitative estimate of drug-likeness (QED) is 0.549. The van der Waals surface area contributed by atoms with Gasteiger partial charge in [0.15, 0.2) is 0 Å². The molecule has 0 aliphatic heterocycles. The van der Waals surface area contributed by atoms with Crippen LogP contribution in [0.4, 0.5) is 11.4 Å². The van der Waals surface area contributed by atoms with Gasteiger partial charge in [-0.15, -0.1) is 0 Å². The highest BCUT2D eigenvalue weighted by Crippen LogP contribution is 2.16. The average Bonchev–Trinajstić information content (AvgIpc) is 2.77. The van der Waals surface area contributed by atoms with Crippen LogP contribution in [-0.4, -0.2) is 25.5 Å². The van der Waals surface area contributed by atoms with Crippen molar-refractivity contribution in [1.82, 2.24) is 5.32 Å². The molecular weight excluding hydrogens is 366 g/mol. The topological polar surface area (TPSA) is 79.5 Å². The van der Waals surface area contributed by atoms with E-state index in [1.807, 2.05) is 42.5 Å². The van der Waals surface area contributed by atoms with Gasteiger partial charge in [-0.25, -0.2) is 0 Å². The Morgan fingerprint density at radius 2 is 1.62 bits per heavy atom. The van der Waals surface area contributed by atoms with E-state index in [1.54, 1.807) is 43.5 Å². The second-order valence-electron chi connectivity index (χ2n) is 6.38. The number of amides is 2. The Morgan fingerprint density at radius 1 is 0.862 bits per heavy atom. The first-order valence-electron chi connectivity index (χ1n) is 9.24. The zero-order chi connectivity index (χ0) is 20.5. The molecule has 148 valence electrons. The average molecular weight is 389 g/mol. The molecule has 3 aromatic carbocycles. The molecule has 0 saturated heterocycles. The number of nitrogens with one attached hydrogen (secondary N) is 3. The van der Waals surface area contributed by atoms with Gasteiger partial charge in [0.05, 0.1) is 13.7 Å². The molecule has 29 heavy (non-hydrogen) atoms. The Bertz CT molecular complexity index is 974. The third kappa shape index (κ3) is 6.10. The van der Waals surface area contributed by atoms with Crippen LogP contribution in [0.15, 0.2) is 78.9 Å². The predicted molar refractivity (Wildman–Crippen MR) is 114 cm³/mol. The number of methoxy groups -OCH3 is 1. The smallest absolute Gasteiger partial charge is 0.251 e. The summed E-state index contributed by atoms with van der Waals surface area (Å²) < 4.78 is 5.14. The molecule has 3 aromatic rings. The maximum absolute atomic E-state index is 12.4. The molecule has 0 fully saturated rings. The maximum Gasteiger partial charge on any atom is 0.251 e. The monoisotopic (exact) mass is 389 g/mol. The number of carbonyl (C=O) groups is 2. The van der Waals surface area contributed by atoms with Gasteiger partial charge in [-0.2, -0.15) is 0 Å². The maximum atomic E-state index is 12.4. The molecule has 2 amide bonds. The molecule has 0 radical (unpaired) electrons. The molecule has 0 spiro atoms. The van der Waals surface area contributed by atoms with Crippen LogP contribution in [-0.2, 0) is 11.3 Å². The molecule has 0 atom stereocenters. The van der Waals surface area contributed by atoms with Gasteiger partial charge in [-0.3, -0.25) is 9.59 Å². The van der Waals surface area contributed by atoms with Crippen molar-refractivity contribution in [3.05, 3.63) is 90.0 Å². The Morgan fingerprint density at radius 3 is 2.41 bits per heavy atom. The number of anilines is 2. The molecule has 3 N–H and O–H groups in total. The van der Waals surface area contributed by atoms with Crippen molar-refractivity contribution >= 4 is 23.2 Å². The SMILES string of the molecule is COc1cccc(NC(=O)CNc2cccc(C(=O)NCc3ccccc3)c2)c1. The van der Waals surface area contributed by atoms with E-state index in [0.717, 1.165) is 5.56 Å². The highest BCUT2D eigenvalue weighted by atomic mass is 16.5. The molecule has 0 aliphatic carbocycles. The third-order valence-electron chi connectivity index (χ3n) is 4.23. The predicted octanol–water partition coefficient (Wildman–Crippen LogP) is 3.68. The number of benzene rings is 3. The number of hydrogen-bond acceptors (Lipinski definition) is 4. The van der Waals surface area contributed by atoms with E-state index >= 15 is 0 Å². The van der Waals surface area contributed by atoms with E-state index in [9.17, 15) is 9.59 Å². The van der Waals surface area contributed by atoms with Gasteiger partial charge < -0.3 is 20.7 Å². The minimum atomic E-state index is -0.197. The van der Waals surface area contributed by atoms with E-state index in [-0.39, 0.29) is 18.4 Å². The molecule has 6 nitrogen and oxygen atoms in total. The summed E-state index contributed by atoms with van der Waals surface area (Å²) in [6, 6.07) is 23.9. The normalized spacial score (nSPS) is 10.1. The lowest BCUT2D eigenvalue weighted by Gasteiger charge is -2.10. The molecule has 0 aromatic heterocycles. The highest BCUT2D eigenvalue weighted by molar-refractivity contribution is 5.96. The second kappa shape index (κ2) is 9.94. The molecule has 0 saturated carbocycles. The first-order chi connectivity index (χ1) is 14.1. The molecule has 3 rings (SSSR count). The lowest BCUT2D eigenvalue weighted by atomic mass is 10.1. The Kier molecular flexibility index (Phi) is 6.84. The zero-order valence-corrected chi connectivity index (χ0v) is 16.1. The third-order valence-corrected chi connectivity index (χ3v) is 4.23. The van der Waals surface area contributed by atoms with E-state index in [1.165, 1.54) is 0 Å². The van der Waals surface area contributed by atoms with E-state index in [0.29, 0.717) is 29.2 Å². The molecule has 0 unspecified atom stereocenters. The van der Waals surface area contributed by atoms with Crippen LogP contribution in [0.1, 0.15) is 15.9 Å². The van der Waals surface area contributed by atoms with Crippen LogP contribution in [0.3, 0.4) is 0 Å². The summed E-state index contributed by atoms with van der Waals surface area (Å²) in [5.74, 6) is 0.306. The summed E-state index contributed by atoms with van der Waals surface area (Å²) in [7, 11) is 1.57. The summed E-state index contributed by atoms with van der Waals surface area (Å²) in [6.07, 6.45) is 0. The van der Waals surface area contributed by atoms with Gasteiger partial charge in [0, 0.05) is 29.5 Å². The van der Waals surface area contributed by atoms with Crippen LogP contribution in [0.2, 0.25) is 0 Å².